The fourth-order valence-electron chi connectivity index (χ4n) is 2.15. The number of aromatic nitrogens is 3. The van der Waals surface area contributed by atoms with Crippen molar-refractivity contribution in [1.29, 1.82) is 5.26 Å². The molecule has 3 aromatic rings. The van der Waals surface area contributed by atoms with Gasteiger partial charge in [-0.15, -0.1) is 0 Å². The molecule has 0 atom stereocenters. The Kier molecular flexibility index (Phi) is 3.09. The van der Waals surface area contributed by atoms with Crippen molar-refractivity contribution in [3.63, 3.8) is 0 Å². The van der Waals surface area contributed by atoms with Gasteiger partial charge in [0.2, 0.25) is 12.2 Å². The Labute approximate surface area is 119 Å². The van der Waals surface area contributed by atoms with Crippen LogP contribution in [0.3, 0.4) is 0 Å². The van der Waals surface area contributed by atoms with E-state index < -0.39 is 5.56 Å². The Balaban J connectivity index is 2.21. The summed E-state index contributed by atoms with van der Waals surface area (Å²) in [5.74, 6) is 0.455. The SMILES string of the molecule is Cc1cc(-c2cccc(-c3ncon3)c2)c(C#N)c(=O)[nH]1. The number of benzene rings is 1. The third-order valence-corrected chi connectivity index (χ3v) is 3.07. The van der Waals surface area contributed by atoms with Gasteiger partial charge in [-0.25, -0.2) is 0 Å². The maximum atomic E-state index is 11.9. The van der Waals surface area contributed by atoms with Crippen LogP contribution in [0.25, 0.3) is 22.5 Å². The fourth-order valence-corrected chi connectivity index (χ4v) is 2.15. The number of H-pyrrole nitrogens is 1. The largest absolute Gasteiger partial charge is 0.342 e. The highest BCUT2D eigenvalue weighted by molar-refractivity contribution is 5.74. The first-order valence-electron chi connectivity index (χ1n) is 6.20. The lowest BCUT2D eigenvalue weighted by atomic mass is 9.99. The number of hydrogen-bond donors (Lipinski definition) is 1. The van der Waals surface area contributed by atoms with Gasteiger partial charge in [-0.1, -0.05) is 23.4 Å². The molecule has 3 rings (SSSR count). The number of nitrogens with zero attached hydrogens (tertiary/aromatic N) is 3. The topological polar surface area (TPSA) is 95.6 Å². The van der Waals surface area contributed by atoms with Crippen LogP contribution in [-0.4, -0.2) is 15.1 Å². The highest BCUT2D eigenvalue weighted by Gasteiger charge is 2.12. The minimum absolute atomic E-state index is 0.0888. The van der Waals surface area contributed by atoms with Crippen LogP contribution in [0.15, 0.2) is 46.0 Å². The van der Waals surface area contributed by atoms with Crippen LogP contribution in [0.5, 0.6) is 0 Å². The molecule has 6 heteroatoms. The second-order valence-electron chi connectivity index (χ2n) is 4.52. The minimum Gasteiger partial charge on any atom is -0.342 e. The number of nitrogens with one attached hydrogen (secondary N) is 1. The van der Waals surface area contributed by atoms with Crippen molar-refractivity contribution in [1.82, 2.24) is 15.1 Å². The molecule has 102 valence electrons. The van der Waals surface area contributed by atoms with E-state index >= 15 is 0 Å². The van der Waals surface area contributed by atoms with Crippen molar-refractivity contribution < 1.29 is 4.52 Å². The monoisotopic (exact) mass is 278 g/mol. The molecule has 0 saturated carbocycles. The molecule has 6 nitrogen and oxygen atoms in total. The smallest absolute Gasteiger partial charge is 0.266 e. The molecule has 1 aromatic carbocycles. The molecule has 0 aliphatic heterocycles. The highest BCUT2D eigenvalue weighted by Crippen LogP contribution is 2.26. The van der Waals surface area contributed by atoms with E-state index in [1.807, 2.05) is 30.3 Å². The molecular formula is C15H10N4O2. The zero-order valence-corrected chi connectivity index (χ0v) is 11.1. The van der Waals surface area contributed by atoms with Gasteiger partial charge in [0.05, 0.1) is 0 Å². The normalized spacial score (nSPS) is 10.3. The average Bonchev–Trinajstić information content (AvgIpc) is 3.01. The van der Waals surface area contributed by atoms with E-state index in [-0.39, 0.29) is 5.56 Å². The van der Waals surface area contributed by atoms with Crippen molar-refractivity contribution in [2.24, 2.45) is 0 Å². The fraction of sp³-hybridized carbons (Fsp3) is 0.0667. The van der Waals surface area contributed by atoms with Crippen molar-refractivity contribution in [3.8, 4) is 28.6 Å². The molecule has 0 bridgehead atoms. The van der Waals surface area contributed by atoms with E-state index in [9.17, 15) is 10.1 Å². The maximum Gasteiger partial charge on any atom is 0.266 e. The van der Waals surface area contributed by atoms with E-state index in [4.69, 9.17) is 4.52 Å². The van der Waals surface area contributed by atoms with Gasteiger partial charge in [-0.05, 0) is 24.6 Å². The first-order valence-corrected chi connectivity index (χ1v) is 6.20. The highest BCUT2D eigenvalue weighted by atomic mass is 16.5. The minimum atomic E-state index is -0.391. The molecule has 0 spiro atoms. The number of hydrogen-bond acceptors (Lipinski definition) is 5. The second kappa shape index (κ2) is 5.06. The molecule has 0 fully saturated rings. The van der Waals surface area contributed by atoms with Crippen LogP contribution in [-0.2, 0) is 0 Å². The van der Waals surface area contributed by atoms with Gasteiger partial charge in [0, 0.05) is 16.8 Å². The molecule has 1 N–H and O–H groups in total. The van der Waals surface area contributed by atoms with Gasteiger partial charge in [0.1, 0.15) is 11.6 Å². The molecule has 21 heavy (non-hydrogen) atoms. The van der Waals surface area contributed by atoms with Gasteiger partial charge in [0.25, 0.3) is 5.56 Å². The molecule has 0 amide bonds. The second-order valence-corrected chi connectivity index (χ2v) is 4.52. The first kappa shape index (κ1) is 12.8. The van der Waals surface area contributed by atoms with Crippen LogP contribution >= 0.6 is 0 Å². The van der Waals surface area contributed by atoms with E-state index in [0.29, 0.717) is 17.1 Å². The number of aryl methyl sites for hydroxylation is 1. The van der Waals surface area contributed by atoms with Crippen molar-refractivity contribution >= 4 is 0 Å². The molecular weight excluding hydrogens is 268 g/mol. The van der Waals surface area contributed by atoms with Crippen molar-refractivity contribution in [2.75, 3.05) is 0 Å². The Hall–Kier alpha value is -3.20. The summed E-state index contributed by atoms with van der Waals surface area (Å²) in [5.41, 5.74) is 2.48. The summed E-state index contributed by atoms with van der Waals surface area (Å²) >= 11 is 0. The summed E-state index contributed by atoms with van der Waals surface area (Å²) in [4.78, 5) is 18.5. The molecule has 2 heterocycles. The Morgan fingerprint density at radius 3 is 2.81 bits per heavy atom. The number of aromatic amines is 1. The summed E-state index contributed by atoms with van der Waals surface area (Å²) in [6, 6.07) is 11.0. The zero-order valence-electron chi connectivity index (χ0n) is 11.1. The summed E-state index contributed by atoms with van der Waals surface area (Å²) < 4.78 is 4.73. The maximum absolute atomic E-state index is 11.9. The Morgan fingerprint density at radius 2 is 2.10 bits per heavy atom. The summed E-state index contributed by atoms with van der Waals surface area (Å²) in [5, 5.41) is 13.0. The summed E-state index contributed by atoms with van der Waals surface area (Å²) in [6.45, 7) is 1.77. The quantitative estimate of drug-likeness (QED) is 0.775. The number of pyridine rings is 1. The van der Waals surface area contributed by atoms with Gasteiger partial charge in [-0.2, -0.15) is 10.2 Å². The zero-order chi connectivity index (χ0) is 14.8. The standard InChI is InChI=1S/C15H10N4O2/c1-9-5-12(13(7-16)15(20)18-9)10-3-2-4-11(6-10)14-17-8-21-19-14/h2-6,8H,1H3,(H,18,20). The van der Waals surface area contributed by atoms with Crippen LogP contribution in [0.1, 0.15) is 11.3 Å². The first-order chi connectivity index (χ1) is 10.2. The van der Waals surface area contributed by atoms with E-state index in [0.717, 1.165) is 11.1 Å². The predicted molar refractivity (Wildman–Crippen MR) is 75.2 cm³/mol. The van der Waals surface area contributed by atoms with Crippen LogP contribution < -0.4 is 5.56 Å². The molecule has 0 aliphatic rings. The lowest BCUT2D eigenvalue weighted by molar-refractivity contribution is 0.419. The van der Waals surface area contributed by atoms with Crippen molar-refractivity contribution in [3.05, 3.63) is 58.3 Å². The third-order valence-electron chi connectivity index (χ3n) is 3.07. The van der Waals surface area contributed by atoms with Crippen LogP contribution in [0, 0.1) is 18.3 Å². The molecule has 0 aliphatic carbocycles. The predicted octanol–water partition coefficient (Wildman–Crippen LogP) is 2.27. The van der Waals surface area contributed by atoms with Gasteiger partial charge in [-0.3, -0.25) is 4.79 Å². The van der Waals surface area contributed by atoms with Crippen molar-refractivity contribution in [2.45, 2.75) is 6.92 Å². The Morgan fingerprint density at radius 1 is 1.29 bits per heavy atom. The number of rotatable bonds is 2. The number of nitriles is 1. The lowest BCUT2D eigenvalue weighted by Crippen LogP contribution is -2.12. The molecule has 0 unspecified atom stereocenters. The third kappa shape index (κ3) is 2.32. The molecule has 0 radical (unpaired) electrons. The molecule has 2 aromatic heterocycles. The van der Waals surface area contributed by atoms with Crippen LogP contribution in [0.4, 0.5) is 0 Å². The van der Waals surface area contributed by atoms with Crippen LogP contribution in [0.2, 0.25) is 0 Å². The van der Waals surface area contributed by atoms with Gasteiger partial charge in [0.15, 0.2) is 0 Å². The summed E-state index contributed by atoms with van der Waals surface area (Å²) in [6.07, 6.45) is 1.25. The van der Waals surface area contributed by atoms with E-state index in [1.165, 1.54) is 6.39 Å². The van der Waals surface area contributed by atoms with Gasteiger partial charge < -0.3 is 9.51 Å². The summed E-state index contributed by atoms with van der Waals surface area (Å²) in [7, 11) is 0. The average molecular weight is 278 g/mol. The Bertz CT molecular complexity index is 889. The van der Waals surface area contributed by atoms with Gasteiger partial charge >= 0.3 is 0 Å². The van der Waals surface area contributed by atoms with E-state index in [1.54, 1.807) is 13.0 Å². The molecule has 0 saturated heterocycles. The van der Waals surface area contributed by atoms with E-state index in [2.05, 4.69) is 15.1 Å². The lowest BCUT2D eigenvalue weighted by Gasteiger charge is -2.06.